The molecule has 20 heavy (non-hydrogen) atoms. The number of imidazole rings is 1. The fourth-order valence-corrected chi connectivity index (χ4v) is 2.33. The summed E-state index contributed by atoms with van der Waals surface area (Å²) in [6.07, 6.45) is 1.81. The van der Waals surface area contributed by atoms with E-state index in [2.05, 4.69) is 4.98 Å². The summed E-state index contributed by atoms with van der Waals surface area (Å²) >= 11 is 6.04. The number of anilines is 1. The summed E-state index contributed by atoms with van der Waals surface area (Å²) in [6, 6.07) is 9.35. The van der Waals surface area contributed by atoms with E-state index >= 15 is 0 Å². The van der Waals surface area contributed by atoms with E-state index in [0.717, 1.165) is 33.1 Å². The molecule has 3 aromatic rings. The van der Waals surface area contributed by atoms with Gasteiger partial charge in [-0.15, -0.1) is 0 Å². The second-order valence-electron chi connectivity index (χ2n) is 4.73. The average molecular weight is 288 g/mol. The number of aromatic nitrogens is 2. The lowest BCUT2D eigenvalue weighted by Gasteiger charge is -2.02. The van der Waals surface area contributed by atoms with Gasteiger partial charge in [-0.3, -0.25) is 4.40 Å². The van der Waals surface area contributed by atoms with E-state index < -0.39 is 0 Å². The van der Waals surface area contributed by atoms with Crippen LogP contribution in [0.4, 0.5) is 5.82 Å². The topological polar surface area (TPSA) is 63.5 Å². The lowest BCUT2D eigenvalue weighted by molar-refractivity contribution is 0.282. The Morgan fingerprint density at radius 1 is 1.30 bits per heavy atom. The molecule has 0 spiro atoms. The molecule has 0 saturated heterocycles. The van der Waals surface area contributed by atoms with Crippen LogP contribution in [0.15, 0.2) is 36.5 Å². The van der Waals surface area contributed by atoms with Gasteiger partial charge in [-0.05, 0) is 42.3 Å². The standard InChI is InChI=1S/C15H14ClN3O/c1-9-6-11(2-3-12(9)16)14-15(17)19-5-4-10(8-20)7-13(19)18-14/h2-7,20H,8,17H2,1H3. The number of benzene rings is 1. The van der Waals surface area contributed by atoms with Crippen molar-refractivity contribution in [3.8, 4) is 11.3 Å². The molecule has 0 amide bonds. The van der Waals surface area contributed by atoms with Crippen molar-refractivity contribution in [2.24, 2.45) is 0 Å². The summed E-state index contributed by atoms with van der Waals surface area (Å²) in [5.41, 5.74) is 10.3. The molecule has 0 saturated carbocycles. The third kappa shape index (κ3) is 2.03. The number of halogens is 1. The molecule has 1 aromatic carbocycles. The highest BCUT2D eigenvalue weighted by molar-refractivity contribution is 6.31. The first kappa shape index (κ1) is 13.0. The van der Waals surface area contributed by atoms with Gasteiger partial charge in [-0.25, -0.2) is 4.98 Å². The van der Waals surface area contributed by atoms with Crippen LogP contribution < -0.4 is 5.73 Å². The van der Waals surface area contributed by atoms with E-state index in [4.69, 9.17) is 17.3 Å². The van der Waals surface area contributed by atoms with Gasteiger partial charge in [-0.2, -0.15) is 0 Å². The maximum atomic E-state index is 9.17. The van der Waals surface area contributed by atoms with Crippen molar-refractivity contribution >= 4 is 23.1 Å². The minimum absolute atomic E-state index is 0.0152. The lowest BCUT2D eigenvalue weighted by atomic mass is 10.1. The Morgan fingerprint density at radius 2 is 2.10 bits per heavy atom. The first-order valence-electron chi connectivity index (χ1n) is 6.24. The highest BCUT2D eigenvalue weighted by atomic mass is 35.5. The molecule has 3 N–H and O–H groups in total. The second-order valence-corrected chi connectivity index (χ2v) is 5.14. The number of aliphatic hydroxyl groups excluding tert-OH is 1. The Kier molecular flexibility index (Phi) is 3.12. The normalized spacial score (nSPS) is 11.2. The largest absolute Gasteiger partial charge is 0.392 e. The number of hydrogen-bond donors (Lipinski definition) is 2. The first-order valence-corrected chi connectivity index (χ1v) is 6.62. The van der Waals surface area contributed by atoms with Gasteiger partial charge < -0.3 is 10.8 Å². The average Bonchev–Trinajstić information content (AvgIpc) is 2.78. The van der Waals surface area contributed by atoms with Crippen molar-refractivity contribution in [3.63, 3.8) is 0 Å². The summed E-state index contributed by atoms with van der Waals surface area (Å²) in [5, 5.41) is 9.90. The van der Waals surface area contributed by atoms with Crippen LogP contribution in [0.5, 0.6) is 0 Å². The number of aliphatic hydroxyl groups is 1. The Balaban J connectivity index is 2.20. The van der Waals surface area contributed by atoms with E-state index in [1.807, 2.05) is 43.5 Å². The van der Waals surface area contributed by atoms with Crippen molar-refractivity contribution in [1.82, 2.24) is 9.38 Å². The van der Waals surface area contributed by atoms with Crippen molar-refractivity contribution in [2.75, 3.05) is 5.73 Å². The van der Waals surface area contributed by atoms with E-state index in [1.165, 1.54) is 0 Å². The second kappa shape index (κ2) is 4.81. The molecule has 0 aliphatic carbocycles. The fraction of sp³-hybridized carbons (Fsp3) is 0.133. The number of aryl methyl sites for hydroxylation is 1. The van der Waals surface area contributed by atoms with Gasteiger partial charge in [-0.1, -0.05) is 17.7 Å². The molecule has 102 valence electrons. The number of hydrogen-bond acceptors (Lipinski definition) is 3. The summed E-state index contributed by atoms with van der Waals surface area (Å²) in [4.78, 5) is 4.55. The van der Waals surface area contributed by atoms with E-state index in [1.54, 1.807) is 4.40 Å². The summed E-state index contributed by atoms with van der Waals surface area (Å²) < 4.78 is 1.80. The van der Waals surface area contributed by atoms with Gasteiger partial charge in [0.25, 0.3) is 0 Å². The molecule has 0 aliphatic heterocycles. The molecule has 0 fully saturated rings. The smallest absolute Gasteiger partial charge is 0.139 e. The highest BCUT2D eigenvalue weighted by Crippen LogP contribution is 2.29. The number of nitrogen functional groups attached to an aromatic ring is 1. The van der Waals surface area contributed by atoms with Gasteiger partial charge in [0.15, 0.2) is 0 Å². The number of nitrogens with two attached hydrogens (primary N) is 1. The quantitative estimate of drug-likeness (QED) is 0.761. The van der Waals surface area contributed by atoms with E-state index in [9.17, 15) is 5.11 Å². The van der Waals surface area contributed by atoms with Crippen LogP contribution in [0.3, 0.4) is 0 Å². The number of rotatable bonds is 2. The predicted octanol–water partition coefficient (Wildman–Crippen LogP) is 3.04. The number of pyridine rings is 1. The van der Waals surface area contributed by atoms with Gasteiger partial charge in [0.05, 0.1) is 6.61 Å². The van der Waals surface area contributed by atoms with Crippen LogP contribution in [0.1, 0.15) is 11.1 Å². The minimum Gasteiger partial charge on any atom is -0.392 e. The van der Waals surface area contributed by atoms with Gasteiger partial charge in [0, 0.05) is 16.8 Å². The molecule has 0 radical (unpaired) electrons. The van der Waals surface area contributed by atoms with Gasteiger partial charge in [0.2, 0.25) is 0 Å². The SMILES string of the molecule is Cc1cc(-c2nc3cc(CO)ccn3c2N)ccc1Cl. The van der Waals surface area contributed by atoms with Gasteiger partial charge >= 0.3 is 0 Å². The summed E-state index contributed by atoms with van der Waals surface area (Å²) in [5.74, 6) is 0.575. The Bertz CT molecular complexity index is 795. The third-order valence-corrected chi connectivity index (χ3v) is 3.77. The summed E-state index contributed by atoms with van der Waals surface area (Å²) in [7, 11) is 0. The van der Waals surface area contributed by atoms with Crippen LogP contribution in [0.2, 0.25) is 5.02 Å². The molecule has 0 unspecified atom stereocenters. The molecule has 2 aromatic heterocycles. The number of nitrogens with zero attached hydrogens (tertiary/aromatic N) is 2. The number of fused-ring (bicyclic) bond motifs is 1. The van der Waals surface area contributed by atoms with Crippen LogP contribution in [0.25, 0.3) is 16.9 Å². The molecule has 2 heterocycles. The predicted molar refractivity (Wildman–Crippen MR) is 80.7 cm³/mol. The van der Waals surface area contributed by atoms with Crippen LogP contribution >= 0.6 is 11.6 Å². The van der Waals surface area contributed by atoms with Crippen LogP contribution in [0, 0.1) is 6.92 Å². The zero-order chi connectivity index (χ0) is 14.3. The first-order chi connectivity index (χ1) is 9.60. The molecule has 4 nitrogen and oxygen atoms in total. The van der Waals surface area contributed by atoms with Gasteiger partial charge in [0.1, 0.15) is 17.2 Å². The Morgan fingerprint density at radius 3 is 2.80 bits per heavy atom. The lowest BCUT2D eigenvalue weighted by Crippen LogP contribution is -1.95. The molecule has 0 aliphatic rings. The zero-order valence-electron chi connectivity index (χ0n) is 11.0. The Labute approximate surface area is 121 Å². The van der Waals surface area contributed by atoms with Crippen molar-refractivity contribution in [3.05, 3.63) is 52.7 Å². The third-order valence-electron chi connectivity index (χ3n) is 3.34. The fourth-order valence-electron chi connectivity index (χ4n) is 2.21. The van der Waals surface area contributed by atoms with Crippen molar-refractivity contribution in [2.45, 2.75) is 13.5 Å². The monoisotopic (exact) mass is 287 g/mol. The van der Waals surface area contributed by atoms with Crippen molar-refractivity contribution < 1.29 is 5.11 Å². The van der Waals surface area contributed by atoms with E-state index in [-0.39, 0.29) is 6.61 Å². The summed E-state index contributed by atoms with van der Waals surface area (Å²) in [6.45, 7) is 1.93. The highest BCUT2D eigenvalue weighted by Gasteiger charge is 2.12. The maximum absolute atomic E-state index is 9.17. The minimum atomic E-state index is -0.0152. The van der Waals surface area contributed by atoms with Crippen molar-refractivity contribution in [1.29, 1.82) is 0 Å². The van der Waals surface area contributed by atoms with E-state index in [0.29, 0.717) is 5.82 Å². The molecule has 3 rings (SSSR count). The molecular formula is C15H14ClN3O. The molecule has 0 atom stereocenters. The Hall–Kier alpha value is -2.04. The molecule has 5 heteroatoms. The molecular weight excluding hydrogens is 274 g/mol. The maximum Gasteiger partial charge on any atom is 0.139 e. The zero-order valence-corrected chi connectivity index (χ0v) is 11.7. The molecule has 0 bridgehead atoms. The van der Waals surface area contributed by atoms with Crippen LogP contribution in [-0.2, 0) is 6.61 Å². The van der Waals surface area contributed by atoms with Crippen LogP contribution in [-0.4, -0.2) is 14.5 Å².